The minimum absolute atomic E-state index is 0.0159. The van der Waals surface area contributed by atoms with Gasteiger partial charge in [-0.15, -0.1) is 0 Å². The lowest BCUT2D eigenvalue weighted by atomic mass is 10.0. The Labute approximate surface area is 209 Å². The molecule has 10 heteroatoms. The van der Waals surface area contributed by atoms with Crippen LogP contribution in [0, 0.1) is 0 Å². The normalized spacial score (nSPS) is 13.8. The zero-order valence-corrected chi connectivity index (χ0v) is 20.7. The van der Waals surface area contributed by atoms with E-state index in [0.29, 0.717) is 29.3 Å². The lowest BCUT2D eigenvalue weighted by Crippen LogP contribution is -2.45. The summed E-state index contributed by atoms with van der Waals surface area (Å²) in [5.41, 5.74) is 2.45. The number of carbonyl (C=O) groups excluding carboxylic acids is 2. The average Bonchev–Trinajstić information content (AvgIpc) is 2.88. The maximum atomic E-state index is 13.4. The van der Waals surface area contributed by atoms with Crippen LogP contribution in [0.4, 0.5) is 11.4 Å². The van der Waals surface area contributed by atoms with Crippen molar-refractivity contribution in [2.45, 2.75) is 30.2 Å². The van der Waals surface area contributed by atoms with E-state index in [1.165, 1.54) is 26.4 Å². The van der Waals surface area contributed by atoms with Crippen molar-refractivity contribution < 1.29 is 27.5 Å². The summed E-state index contributed by atoms with van der Waals surface area (Å²) in [6.45, 7) is 0. The van der Waals surface area contributed by atoms with Crippen LogP contribution in [0.1, 0.15) is 17.5 Å². The Balaban J connectivity index is 1.62. The highest BCUT2D eigenvalue weighted by Gasteiger charge is 2.28. The van der Waals surface area contributed by atoms with Gasteiger partial charge in [-0.1, -0.05) is 30.3 Å². The number of hydrogen-bond donors (Lipinski definition) is 3. The molecular weight excluding hydrogens is 482 g/mol. The maximum absolute atomic E-state index is 13.4. The first-order valence-electron chi connectivity index (χ1n) is 11.3. The summed E-state index contributed by atoms with van der Waals surface area (Å²) in [5.74, 6) is 0.248. The number of carbonyl (C=O) groups is 2. The second kappa shape index (κ2) is 10.8. The first-order valence-corrected chi connectivity index (χ1v) is 12.8. The van der Waals surface area contributed by atoms with Crippen LogP contribution in [0.25, 0.3) is 0 Å². The predicted octanol–water partition coefficient (Wildman–Crippen LogP) is 3.12. The highest BCUT2D eigenvalue weighted by atomic mass is 32.2. The van der Waals surface area contributed by atoms with Crippen LogP contribution < -0.4 is 24.8 Å². The summed E-state index contributed by atoms with van der Waals surface area (Å²) in [5, 5.41) is 5.50. The molecule has 1 aliphatic heterocycles. The molecule has 0 spiro atoms. The van der Waals surface area contributed by atoms with E-state index < -0.39 is 22.0 Å². The average molecular weight is 510 g/mol. The van der Waals surface area contributed by atoms with Crippen molar-refractivity contribution >= 4 is 33.2 Å². The number of amides is 2. The van der Waals surface area contributed by atoms with Gasteiger partial charge in [0.15, 0.2) is 0 Å². The number of anilines is 2. The zero-order valence-electron chi connectivity index (χ0n) is 19.9. The third-order valence-corrected chi connectivity index (χ3v) is 7.31. The number of aryl methyl sites for hydroxylation is 1. The fraction of sp³-hybridized carbons (Fsp3) is 0.231. The van der Waals surface area contributed by atoms with Gasteiger partial charge in [0.2, 0.25) is 21.8 Å². The SMILES string of the molecule is COc1ccc(OC)c(NC(=O)[C@@H](Cc2ccccc2)NS(=O)(=O)c2ccc3c(c2)CCC(=O)N3)c1. The van der Waals surface area contributed by atoms with Crippen LogP contribution in [0.2, 0.25) is 0 Å². The minimum atomic E-state index is -4.07. The van der Waals surface area contributed by atoms with E-state index in [-0.39, 0.29) is 23.6 Å². The molecule has 0 radical (unpaired) electrons. The standard InChI is InChI=1S/C26H27N3O6S/c1-34-19-9-12-24(35-2)22(16-19)28-26(31)23(14-17-6-4-3-5-7-17)29-36(32,33)20-10-11-21-18(15-20)8-13-25(30)27-21/h3-7,9-12,15-16,23,29H,8,13-14H2,1-2H3,(H,27,30)(H,28,31)/t23-/m1/s1. The second-order valence-electron chi connectivity index (χ2n) is 8.29. The van der Waals surface area contributed by atoms with Crippen molar-refractivity contribution in [2.24, 2.45) is 0 Å². The van der Waals surface area contributed by atoms with Gasteiger partial charge < -0.3 is 20.1 Å². The number of nitrogens with one attached hydrogen (secondary N) is 3. The maximum Gasteiger partial charge on any atom is 0.243 e. The third kappa shape index (κ3) is 5.84. The van der Waals surface area contributed by atoms with Gasteiger partial charge in [-0.25, -0.2) is 8.42 Å². The zero-order chi connectivity index (χ0) is 25.7. The molecule has 36 heavy (non-hydrogen) atoms. The predicted molar refractivity (Wildman–Crippen MR) is 136 cm³/mol. The summed E-state index contributed by atoms with van der Waals surface area (Å²) >= 11 is 0. The quantitative estimate of drug-likeness (QED) is 0.407. The molecule has 1 heterocycles. The van der Waals surface area contributed by atoms with Crippen LogP contribution in [0.5, 0.6) is 11.5 Å². The van der Waals surface area contributed by atoms with Gasteiger partial charge in [-0.05, 0) is 54.3 Å². The van der Waals surface area contributed by atoms with Gasteiger partial charge in [-0.3, -0.25) is 9.59 Å². The van der Waals surface area contributed by atoms with Gasteiger partial charge in [0.1, 0.15) is 17.5 Å². The molecule has 0 aliphatic carbocycles. The molecule has 0 fully saturated rings. The van der Waals surface area contributed by atoms with Gasteiger partial charge in [0.05, 0.1) is 24.8 Å². The van der Waals surface area contributed by atoms with Crippen LogP contribution in [-0.4, -0.2) is 40.5 Å². The summed E-state index contributed by atoms with van der Waals surface area (Å²) in [7, 11) is -1.10. The second-order valence-corrected chi connectivity index (χ2v) is 10.0. The van der Waals surface area contributed by atoms with Gasteiger partial charge in [0, 0.05) is 18.2 Å². The molecule has 1 atom stereocenters. The van der Waals surface area contributed by atoms with Crippen molar-refractivity contribution in [3.63, 3.8) is 0 Å². The summed E-state index contributed by atoms with van der Waals surface area (Å²) in [4.78, 5) is 25.0. The van der Waals surface area contributed by atoms with E-state index >= 15 is 0 Å². The van der Waals surface area contributed by atoms with Crippen LogP contribution >= 0.6 is 0 Å². The number of methoxy groups -OCH3 is 2. The Bertz CT molecular complexity index is 1380. The van der Waals surface area contributed by atoms with Gasteiger partial charge >= 0.3 is 0 Å². The van der Waals surface area contributed by atoms with Gasteiger partial charge in [0.25, 0.3) is 0 Å². The molecule has 0 saturated heterocycles. The lowest BCUT2D eigenvalue weighted by molar-refractivity contribution is -0.118. The van der Waals surface area contributed by atoms with E-state index in [0.717, 1.165) is 11.1 Å². The van der Waals surface area contributed by atoms with Crippen LogP contribution in [-0.2, 0) is 32.5 Å². The minimum Gasteiger partial charge on any atom is -0.497 e. The molecule has 188 valence electrons. The Morgan fingerprint density at radius 1 is 1.00 bits per heavy atom. The molecule has 0 saturated carbocycles. The van der Waals surface area contributed by atoms with Crippen molar-refractivity contribution in [2.75, 3.05) is 24.9 Å². The van der Waals surface area contributed by atoms with E-state index in [1.54, 1.807) is 24.3 Å². The monoisotopic (exact) mass is 509 g/mol. The molecule has 4 rings (SSSR count). The van der Waals surface area contributed by atoms with Crippen molar-refractivity contribution in [3.8, 4) is 11.5 Å². The Morgan fingerprint density at radius 3 is 2.50 bits per heavy atom. The van der Waals surface area contributed by atoms with Crippen molar-refractivity contribution in [1.82, 2.24) is 4.72 Å². The smallest absolute Gasteiger partial charge is 0.243 e. The molecule has 0 bridgehead atoms. The van der Waals surface area contributed by atoms with E-state index in [1.807, 2.05) is 30.3 Å². The molecule has 1 aliphatic rings. The number of fused-ring (bicyclic) bond motifs is 1. The van der Waals surface area contributed by atoms with Crippen LogP contribution in [0.15, 0.2) is 71.6 Å². The van der Waals surface area contributed by atoms with E-state index in [9.17, 15) is 18.0 Å². The van der Waals surface area contributed by atoms with E-state index in [2.05, 4.69) is 15.4 Å². The molecule has 9 nitrogen and oxygen atoms in total. The van der Waals surface area contributed by atoms with Gasteiger partial charge in [-0.2, -0.15) is 4.72 Å². The number of benzene rings is 3. The number of hydrogen-bond acceptors (Lipinski definition) is 6. The highest BCUT2D eigenvalue weighted by molar-refractivity contribution is 7.89. The fourth-order valence-electron chi connectivity index (χ4n) is 3.95. The number of ether oxygens (including phenoxy) is 2. The summed E-state index contributed by atoms with van der Waals surface area (Å²) in [6.07, 6.45) is 0.846. The Kier molecular flexibility index (Phi) is 7.56. The van der Waals surface area contributed by atoms with Crippen molar-refractivity contribution in [3.05, 3.63) is 77.9 Å². The van der Waals surface area contributed by atoms with E-state index in [4.69, 9.17) is 9.47 Å². The molecular formula is C26H27N3O6S. The Morgan fingerprint density at radius 2 is 1.78 bits per heavy atom. The highest BCUT2D eigenvalue weighted by Crippen LogP contribution is 2.29. The summed E-state index contributed by atoms with van der Waals surface area (Å²) in [6, 6.07) is 17.5. The van der Waals surface area contributed by atoms with Crippen LogP contribution in [0.3, 0.4) is 0 Å². The molecule has 3 aromatic carbocycles. The largest absolute Gasteiger partial charge is 0.497 e. The molecule has 2 amide bonds. The Hall–Kier alpha value is -3.89. The molecule has 0 aromatic heterocycles. The molecule has 3 N–H and O–H groups in total. The van der Waals surface area contributed by atoms with Crippen molar-refractivity contribution in [1.29, 1.82) is 0 Å². The lowest BCUT2D eigenvalue weighted by Gasteiger charge is -2.21. The molecule has 0 unspecified atom stereocenters. The number of sulfonamides is 1. The first-order chi connectivity index (χ1) is 17.3. The first kappa shape index (κ1) is 25.2. The fourth-order valence-corrected chi connectivity index (χ4v) is 5.20. The third-order valence-electron chi connectivity index (χ3n) is 5.84. The number of rotatable bonds is 9. The topological polar surface area (TPSA) is 123 Å². The molecule has 3 aromatic rings. The summed E-state index contributed by atoms with van der Waals surface area (Å²) < 4.78 is 39.8.